The van der Waals surface area contributed by atoms with E-state index >= 15 is 0 Å². The van der Waals surface area contributed by atoms with E-state index in [1.54, 1.807) is 16.5 Å². The first-order chi connectivity index (χ1) is 8.19. The van der Waals surface area contributed by atoms with Crippen LogP contribution in [0.3, 0.4) is 0 Å². The standard InChI is InChI=1S/C12H8N4O/c1-7-2-10-12(17)15-9-3-8(4-13)5-14-11(9)16(10)6-7/h2-3,5-6H,1H3,(H,15,17). The summed E-state index contributed by atoms with van der Waals surface area (Å²) in [5, 5.41) is 8.79. The van der Waals surface area contributed by atoms with Crippen molar-refractivity contribution < 1.29 is 0 Å². The largest absolute Gasteiger partial charge is 0.317 e. The molecule has 3 rings (SSSR count). The van der Waals surface area contributed by atoms with E-state index in [0.717, 1.165) is 5.56 Å². The van der Waals surface area contributed by atoms with Crippen LogP contribution in [0.2, 0.25) is 0 Å². The van der Waals surface area contributed by atoms with Crippen molar-refractivity contribution in [1.82, 2.24) is 14.4 Å². The number of aromatic amines is 1. The molecule has 0 aliphatic carbocycles. The van der Waals surface area contributed by atoms with Gasteiger partial charge in [0.25, 0.3) is 5.56 Å². The number of nitrogens with zero attached hydrogens (tertiary/aromatic N) is 3. The van der Waals surface area contributed by atoms with Crippen LogP contribution in [0.4, 0.5) is 0 Å². The Bertz CT molecular complexity index is 835. The molecule has 3 heterocycles. The van der Waals surface area contributed by atoms with E-state index in [0.29, 0.717) is 22.2 Å². The van der Waals surface area contributed by atoms with Crippen LogP contribution >= 0.6 is 0 Å². The first-order valence-electron chi connectivity index (χ1n) is 5.10. The zero-order valence-corrected chi connectivity index (χ0v) is 9.06. The summed E-state index contributed by atoms with van der Waals surface area (Å²) < 4.78 is 1.74. The molecule has 82 valence electrons. The molecule has 0 aliphatic heterocycles. The summed E-state index contributed by atoms with van der Waals surface area (Å²) in [7, 11) is 0. The normalized spacial score (nSPS) is 10.8. The van der Waals surface area contributed by atoms with Crippen LogP contribution in [0.1, 0.15) is 11.1 Å². The van der Waals surface area contributed by atoms with E-state index in [2.05, 4.69) is 9.97 Å². The summed E-state index contributed by atoms with van der Waals surface area (Å²) in [6.45, 7) is 1.92. The Kier molecular flexibility index (Phi) is 1.80. The highest BCUT2D eigenvalue weighted by molar-refractivity contribution is 5.75. The zero-order chi connectivity index (χ0) is 12.0. The SMILES string of the molecule is Cc1cc2c(=O)[nH]c3cc(C#N)cnc3n2c1. The van der Waals surface area contributed by atoms with Gasteiger partial charge in [0.1, 0.15) is 11.6 Å². The van der Waals surface area contributed by atoms with Gasteiger partial charge in [0.2, 0.25) is 0 Å². The van der Waals surface area contributed by atoms with E-state index < -0.39 is 0 Å². The molecule has 0 saturated carbocycles. The molecule has 3 aromatic heterocycles. The molecule has 0 atom stereocenters. The summed E-state index contributed by atoms with van der Waals surface area (Å²) in [4.78, 5) is 18.8. The van der Waals surface area contributed by atoms with Gasteiger partial charge in [-0.15, -0.1) is 0 Å². The molecule has 3 aromatic rings. The summed E-state index contributed by atoms with van der Waals surface area (Å²) in [5.41, 5.74) is 3.02. The molecule has 0 bridgehead atoms. The Hall–Kier alpha value is -2.61. The van der Waals surface area contributed by atoms with E-state index in [1.807, 2.05) is 19.2 Å². The minimum Gasteiger partial charge on any atom is -0.317 e. The summed E-state index contributed by atoms with van der Waals surface area (Å²) >= 11 is 0. The summed E-state index contributed by atoms with van der Waals surface area (Å²) in [6.07, 6.45) is 3.35. The number of aryl methyl sites for hydroxylation is 1. The fourth-order valence-corrected chi connectivity index (χ4v) is 1.93. The number of H-pyrrole nitrogens is 1. The molecule has 5 heteroatoms. The molecule has 0 spiro atoms. The maximum atomic E-state index is 11.8. The minimum absolute atomic E-state index is 0.178. The third-order valence-electron chi connectivity index (χ3n) is 2.66. The van der Waals surface area contributed by atoms with Crippen molar-refractivity contribution in [2.24, 2.45) is 0 Å². The van der Waals surface area contributed by atoms with E-state index in [-0.39, 0.29) is 5.56 Å². The van der Waals surface area contributed by atoms with E-state index in [1.165, 1.54) is 6.20 Å². The van der Waals surface area contributed by atoms with E-state index in [4.69, 9.17) is 5.26 Å². The molecule has 0 saturated heterocycles. The molecule has 0 unspecified atom stereocenters. The van der Waals surface area contributed by atoms with Crippen molar-refractivity contribution in [3.63, 3.8) is 0 Å². The van der Waals surface area contributed by atoms with Gasteiger partial charge >= 0.3 is 0 Å². The highest BCUT2D eigenvalue weighted by atomic mass is 16.1. The van der Waals surface area contributed by atoms with Gasteiger partial charge in [-0.1, -0.05) is 0 Å². The lowest BCUT2D eigenvalue weighted by atomic mass is 10.3. The number of hydrogen-bond donors (Lipinski definition) is 1. The van der Waals surface area contributed by atoms with Crippen molar-refractivity contribution in [3.8, 4) is 6.07 Å². The Morgan fingerprint density at radius 1 is 1.47 bits per heavy atom. The highest BCUT2D eigenvalue weighted by Crippen LogP contribution is 2.13. The minimum atomic E-state index is -0.178. The quantitative estimate of drug-likeness (QED) is 0.626. The van der Waals surface area contributed by atoms with Crippen LogP contribution in [0.15, 0.2) is 29.3 Å². The topological polar surface area (TPSA) is 73.9 Å². The maximum Gasteiger partial charge on any atom is 0.272 e. The second-order valence-corrected chi connectivity index (χ2v) is 3.93. The van der Waals surface area contributed by atoms with Gasteiger partial charge in [-0.3, -0.25) is 9.20 Å². The number of pyridine rings is 1. The summed E-state index contributed by atoms with van der Waals surface area (Å²) in [5.74, 6) is 0. The third kappa shape index (κ3) is 1.31. The Morgan fingerprint density at radius 2 is 2.29 bits per heavy atom. The highest BCUT2D eigenvalue weighted by Gasteiger charge is 2.07. The first kappa shape index (κ1) is 9.60. The van der Waals surface area contributed by atoms with Crippen LogP contribution in [0.5, 0.6) is 0 Å². The van der Waals surface area contributed by atoms with Crippen LogP contribution in [-0.2, 0) is 0 Å². The van der Waals surface area contributed by atoms with Gasteiger partial charge in [0.15, 0.2) is 5.65 Å². The Morgan fingerprint density at radius 3 is 3.06 bits per heavy atom. The number of hydrogen-bond acceptors (Lipinski definition) is 3. The van der Waals surface area contributed by atoms with Crippen molar-refractivity contribution in [1.29, 1.82) is 5.26 Å². The van der Waals surface area contributed by atoms with Crippen LogP contribution in [-0.4, -0.2) is 14.4 Å². The number of nitrogens with one attached hydrogen (secondary N) is 1. The fraction of sp³-hybridized carbons (Fsp3) is 0.0833. The molecule has 0 fully saturated rings. The molecular weight excluding hydrogens is 216 g/mol. The zero-order valence-electron chi connectivity index (χ0n) is 9.06. The molecule has 5 nitrogen and oxygen atoms in total. The fourth-order valence-electron chi connectivity index (χ4n) is 1.93. The van der Waals surface area contributed by atoms with Crippen LogP contribution in [0, 0.1) is 18.3 Å². The van der Waals surface area contributed by atoms with Crippen molar-refractivity contribution in [2.75, 3.05) is 0 Å². The lowest BCUT2D eigenvalue weighted by Crippen LogP contribution is -2.10. The second-order valence-electron chi connectivity index (χ2n) is 3.93. The van der Waals surface area contributed by atoms with Crippen molar-refractivity contribution >= 4 is 16.7 Å². The van der Waals surface area contributed by atoms with Crippen molar-refractivity contribution in [2.45, 2.75) is 6.92 Å². The van der Waals surface area contributed by atoms with Gasteiger partial charge in [0, 0.05) is 12.4 Å². The first-order valence-corrected chi connectivity index (χ1v) is 5.10. The lowest BCUT2D eigenvalue weighted by molar-refractivity contribution is 1.13. The van der Waals surface area contributed by atoms with Gasteiger partial charge < -0.3 is 4.98 Å². The van der Waals surface area contributed by atoms with Crippen LogP contribution in [0.25, 0.3) is 16.7 Å². The summed E-state index contributed by atoms with van der Waals surface area (Å²) in [6, 6.07) is 5.43. The number of rotatable bonds is 0. The average molecular weight is 224 g/mol. The number of nitriles is 1. The smallest absolute Gasteiger partial charge is 0.272 e. The van der Waals surface area contributed by atoms with Crippen LogP contribution < -0.4 is 5.56 Å². The Labute approximate surface area is 96.0 Å². The van der Waals surface area contributed by atoms with E-state index in [9.17, 15) is 4.79 Å². The predicted molar refractivity (Wildman–Crippen MR) is 62.8 cm³/mol. The predicted octanol–water partition coefficient (Wildman–Crippen LogP) is 1.36. The van der Waals surface area contributed by atoms with Gasteiger partial charge in [-0.2, -0.15) is 5.26 Å². The number of fused-ring (bicyclic) bond motifs is 3. The molecule has 0 radical (unpaired) electrons. The molecule has 0 aliphatic rings. The Balaban J connectivity index is 2.57. The monoisotopic (exact) mass is 224 g/mol. The van der Waals surface area contributed by atoms with Crippen molar-refractivity contribution in [3.05, 3.63) is 46.0 Å². The maximum absolute atomic E-state index is 11.8. The van der Waals surface area contributed by atoms with Gasteiger partial charge in [-0.25, -0.2) is 4.98 Å². The lowest BCUT2D eigenvalue weighted by Gasteiger charge is -2.01. The average Bonchev–Trinajstić information content (AvgIpc) is 2.71. The molecule has 0 amide bonds. The number of aromatic nitrogens is 3. The molecule has 0 aromatic carbocycles. The molecular formula is C12H8N4O. The third-order valence-corrected chi connectivity index (χ3v) is 2.66. The molecule has 1 N–H and O–H groups in total. The van der Waals surface area contributed by atoms with Gasteiger partial charge in [0.05, 0.1) is 11.1 Å². The van der Waals surface area contributed by atoms with Gasteiger partial charge in [-0.05, 0) is 24.6 Å². The second kappa shape index (κ2) is 3.19. The molecule has 17 heavy (non-hydrogen) atoms.